The topological polar surface area (TPSA) is 37.3 Å². The van der Waals surface area contributed by atoms with E-state index in [9.17, 15) is 9.90 Å². The average Bonchev–Trinajstić information content (AvgIpc) is 2.70. The number of fused-ring (bicyclic) bond motifs is 1. The second-order valence-electron chi connectivity index (χ2n) is 4.39. The first-order chi connectivity index (χ1) is 8.75. The molecule has 0 atom stereocenters. The summed E-state index contributed by atoms with van der Waals surface area (Å²) in [4.78, 5) is 12.2. The molecule has 0 amide bonds. The number of ketones is 1. The minimum Gasteiger partial charge on any atom is -0.508 e. The number of rotatable bonds is 1. The number of phenols is 1. The van der Waals surface area contributed by atoms with E-state index in [2.05, 4.69) is 0 Å². The summed E-state index contributed by atoms with van der Waals surface area (Å²) >= 11 is 0. The van der Waals surface area contributed by atoms with Gasteiger partial charge in [-0.3, -0.25) is 4.79 Å². The summed E-state index contributed by atoms with van der Waals surface area (Å²) in [6.45, 7) is 0. The molecule has 0 fully saturated rings. The number of allylic oxidation sites excluding steroid dienone is 1. The molecule has 0 bridgehead atoms. The first-order valence-electron chi connectivity index (χ1n) is 5.87. The Hall–Kier alpha value is -2.35. The highest BCUT2D eigenvalue weighted by atomic mass is 16.3. The van der Waals surface area contributed by atoms with Crippen LogP contribution in [-0.4, -0.2) is 10.9 Å². The Morgan fingerprint density at radius 1 is 1.00 bits per heavy atom. The number of phenolic OH excluding ortho intramolecular Hbond substituents is 1. The first kappa shape index (κ1) is 10.8. The van der Waals surface area contributed by atoms with E-state index in [0.717, 1.165) is 16.7 Å². The van der Waals surface area contributed by atoms with Gasteiger partial charge in [-0.25, -0.2) is 0 Å². The summed E-state index contributed by atoms with van der Waals surface area (Å²) in [6.07, 6.45) is 2.40. The van der Waals surface area contributed by atoms with E-state index in [1.54, 1.807) is 18.2 Å². The van der Waals surface area contributed by atoms with Crippen molar-refractivity contribution in [2.24, 2.45) is 0 Å². The van der Waals surface area contributed by atoms with Gasteiger partial charge in [-0.05, 0) is 17.7 Å². The second kappa shape index (κ2) is 4.15. The van der Waals surface area contributed by atoms with E-state index in [4.69, 9.17) is 0 Å². The van der Waals surface area contributed by atoms with E-state index >= 15 is 0 Å². The standard InChI is InChI=1S/C16H12O2/c17-15-8-4-7-13-14(15)10-12(16(13)18)9-11-5-2-1-3-6-11/h1-9,17H,10H2/b12-9+. The van der Waals surface area contributed by atoms with Gasteiger partial charge in [0.15, 0.2) is 5.78 Å². The van der Waals surface area contributed by atoms with Crippen LogP contribution in [0.15, 0.2) is 54.1 Å². The summed E-state index contributed by atoms with van der Waals surface area (Å²) in [5, 5.41) is 9.75. The summed E-state index contributed by atoms with van der Waals surface area (Å²) in [5.74, 6) is 0.224. The van der Waals surface area contributed by atoms with E-state index in [0.29, 0.717) is 12.0 Å². The fourth-order valence-electron chi connectivity index (χ4n) is 2.28. The lowest BCUT2D eigenvalue weighted by Crippen LogP contribution is -1.94. The number of hydrogen-bond acceptors (Lipinski definition) is 2. The van der Waals surface area contributed by atoms with Crippen molar-refractivity contribution in [3.8, 4) is 5.75 Å². The van der Waals surface area contributed by atoms with Crippen molar-refractivity contribution in [3.63, 3.8) is 0 Å². The predicted octanol–water partition coefficient (Wildman–Crippen LogP) is 3.21. The maximum atomic E-state index is 12.2. The van der Waals surface area contributed by atoms with Crippen molar-refractivity contribution in [1.29, 1.82) is 0 Å². The van der Waals surface area contributed by atoms with Gasteiger partial charge in [-0.2, -0.15) is 0 Å². The van der Waals surface area contributed by atoms with Crippen molar-refractivity contribution >= 4 is 11.9 Å². The third kappa shape index (κ3) is 1.72. The molecule has 88 valence electrons. The van der Waals surface area contributed by atoms with Crippen LogP contribution >= 0.6 is 0 Å². The van der Waals surface area contributed by atoms with Crippen molar-refractivity contribution in [1.82, 2.24) is 0 Å². The number of carbonyl (C=O) groups excluding carboxylic acids is 1. The summed E-state index contributed by atoms with van der Waals surface area (Å²) in [7, 11) is 0. The molecule has 0 heterocycles. The SMILES string of the molecule is O=C1/C(=C/c2ccccc2)Cc2c(O)cccc21. The van der Waals surface area contributed by atoms with Crippen LogP contribution in [0.1, 0.15) is 21.5 Å². The Bertz CT molecular complexity index is 639. The van der Waals surface area contributed by atoms with Gasteiger partial charge in [-0.1, -0.05) is 42.5 Å². The number of Topliss-reactive ketones (excluding diaryl/α,β-unsaturated/α-hetero) is 1. The highest BCUT2D eigenvalue weighted by Gasteiger charge is 2.26. The van der Waals surface area contributed by atoms with E-state index in [1.807, 2.05) is 36.4 Å². The number of carbonyl (C=O) groups is 1. The number of benzene rings is 2. The second-order valence-corrected chi connectivity index (χ2v) is 4.39. The number of aromatic hydroxyl groups is 1. The third-order valence-electron chi connectivity index (χ3n) is 3.20. The largest absolute Gasteiger partial charge is 0.508 e. The molecule has 2 nitrogen and oxygen atoms in total. The van der Waals surface area contributed by atoms with Crippen LogP contribution in [0, 0.1) is 0 Å². The fourth-order valence-corrected chi connectivity index (χ4v) is 2.28. The molecule has 0 unspecified atom stereocenters. The van der Waals surface area contributed by atoms with Crippen LogP contribution in [0.2, 0.25) is 0 Å². The summed E-state index contributed by atoms with van der Waals surface area (Å²) in [6, 6.07) is 14.8. The molecule has 0 aliphatic heterocycles. The van der Waals surface area contributed by atoms with E-state index in [1.165, 1.54) is 0 Å². The molecule has 0 aromatic heterocycles. The third-order valence-corrected chi connectivity index (χ3v) is 3.20. The lowest BCUT2D eigenvalue weighted by Gasteiger charge is -1.97. The van der Waals surface area contributed by atoms with Crippen molar-refractivity contribution < 1.29 is 9.90 Å². The molecule has 0 saturated carbocycles. The van der Waals surface area contributed by atoms with Crippen LogP contribution < -0.4 is 0 Å². The Morgan fingerprint density at radius 3 is 2.50 bits per heavy atom. The van der Waals surface area contributed by atoms with E-state index < -0.39 is 0 Å². The van der Waals surface area contributed by atoms with Gasteiger partial charge in [-0.15, -0.1) is 0 Å². The minimum absolute atomic E-state index is 0.0183. The van der Waals surface area contributed by atoms with Gasteiger partial charge in [0.25, 0.3) is 0 Å². The highest BCUT2D eigenvalue weighted by Crippen LogP contribution is 2.33. The maximum absolute atomic E-state index is 12.2. The molecular weight excluding hydrogens is 224 g/mol. The van der Waals surface area contributed by atoms with Crippen molar-refractivity contribution in [3.05, 3.63) is 70.8 Å². The molecule has 18 heavy (non-hydrogen) atoms. The summed E-state index contributed by atoms with van der Waals surface area (Å²) in [5.41, 5.74) is 3.10. The molecular formula is C16H12O2. The van der Waals surface area contributed by atoms with Crippen molar-refractivity contribution in [2.75, 3.05) is 0 Å². The Morgan fingerprint density at radius 2 is 1.78 bits per heavy atom. The highest BCUT2D eigenvalue weighted by molar-refractivity contribution is 6.16. The zero-order valence-corrected chi connectivity index (χ0v) is 9.76. The molecule has 0 radical (unpaired) electrons. The van der Waals surface area contributed by atoms with E-state index in [-0.39, 0.29) is 11.5 Å². The van der Waals surface area contributed by atoms with Gasteiger partial charge in [0, 0.05) is 23.1 Å². The van der Waals surface area contributed by atoms with Gasteiger partial charge < -0.3 is 5.11 Å². The lowest BCUT2D eigenvalue weighted by molar-refractivity contribution is 0.104. The number of hydrogen-bond donors (Lipinski definition) is 1. The molecule has 1 aliphatic carbocycles. The predicted molar refractivity (Wildman–Crippen MR) is 70.6 cm³/mol. The van der Waals surface area contributed by atoms with Gasteiger partial charge in [0.1, 0.15) is 5.75 Å². The van der Waals surface area contributed by atoms with Gasteiger partial charge in [0.2, 0.25) is 0 Å². The molecule has 0 spiro atoms. The smallest absolute Gasteiger partial charge is 0.189 e. The quantitative estimate of drug-likeness (QED) is 0.772. The molecule has 1 N–H and O–H groups in total. The molecule has 2 aromatic carbocycles. The monoisotopic (exact) mass is 236 g/mol. The Labute approximate surface area is 105 Å². The fraction of sp³-hybridized carbons (Fsp3) is 0.0625. The van der Waals surface area contributed by atoms with Crippen LogP contribution in [-0.2, 0) is 6.42 Å². The first-order valence-corrected chi connectivity index (χ1v) is 5.87. The van der Waals surface area contributed by atoms with Crippen LogP contribution in [0.5, 0.6) is 5.75 Å². The van der Waals surface area contributed by atoms with Crippen LogP contribution in [0.25, 0.3) is 6.08 Å². The molecule has 1 aliphatic rings. The molecule has 2 aromatic rings. The molecule has 3 rings (SSSR count). The molecule has 0 saturated heterocycles. The van der Waals surface area contributed by atoms with Crippen LogP contribution in [0.3, 0.4) is 0 Å². The molecule has 2 heteroatoms. The van der Waals surface area contributed by atoms with Crippen LogP contribution in [0.4, 0.5) is 0 Å². The average molecular weight is 236 g/mol. The normalized spacial score (nSPS) is 16.0. The van der Waals surface area contributed by atoms with Gasteiger partial charge >= 0.3 is 0 Å². The zero-order valence-electron chi connectivity index (χ0n) is 9.76. The summed E-state index contributed by atoms with van der Waals surface area (Å²) < 4.78 is 0. The Kier molecular flexibility index (Phi) is 2.49. The maximum Gasteiger partial charge on any atom is 0.189 e. The zero-order chi connectivity index (χ0) is 12.5. The minimum atomic E-state index is 0.0183. The Balaban J connectivity index is 2.03. The van der Waals surface area contributed by atoms with Gasteiger partial charge in [0.05, 0.1) is 0 Å². The lowest BCUT2D eigenvalue weighted by atomic mass is 10.1. The van der Waals surface area contributed by atoms with Crippen molar-refractivity contribution in [2.45, 2.75) is 6.42 Å².